The van der Waals surface area contributed by atoms with Crippen molar-refractivity contribution in [3.63, 3.8) is 0 Å². The second-order valence-corrected chi connectivity index (χ2v) is 4.62. The average molecular weight is 204 g/mol. The standard InChI is InChI=1S/C9H14ClNO2/c10-1-2-11-6-3-5-4-7(11)9(13-5)8(6)12/h5-9,12H,1-4H2/t5-,6-,7+,8-,9-/m1/s1. The molecule has 4 heterocycles. The molecule has 4 aliphatic rings. The number of hydrogen-bond acceptors (Lipinski definition) is 3. The Labute approximate surface area is 82.6 Å². The van der Waals surface area contributed by atoms with E-state index >= 15 is 0 Å². The number of aliphatic hydroxyl groups excluding tert-OH is 1. The third-order valence-electron chi connectivity index (χ3n) is 3.66. The number of hydrogen-bond donors (Lipinski definition) is 1. The van der Waals surface area contributed by atoms with Crippen LogP contribution < -0.4 is 0 Å². The van der Waals surface area contributed by atoms with Crippen LogP contribution >= 0.6 is 11.6 Å². The third kappa shape index (κ3) is 1.02. The minimum atomic E-state index is -0.271. The molecule has 4 bridgehead atoms. The second kappa shape index (κ2) is 2.83. The van der Waals surface area contributed by atoms with Crippen LogP contribution in [0, 0.1) is 0 Å². The highest BCUT2D eigenvalue weighted by molar-refractivity contribution is 6.18. The summed E-state index contributed by atoms with van der Waals surface area (Å²) in [5.74, 6) is 0.650. The lowest BCUT2D eigenvalue weighted by Gasteiger charge is -2.35. The van der Waals surface area contributed by atoms with E-state index in [2.05, 4.69) is 4.90 Å². The minimum absolute atomic E-state index is 0.0759. The molecule has 3 nitrogen and oxygen atoms in total. The predicted octanol–water partition coefficient (Wildman–Crippen LogP) is 0.200. The number of aliphatic hydroxyl groups is 1. The lowest BCUT2D eigenvalue weighted by molar-refractivity contribution is -0.0771. The molecule has 0 saturated carbocycles. The van der Waals surface area contributed by atoms with E-state index in [0.29, 0.717) is 24.1 Å². The van der Waals surface area contributed by atoms with Gasteiger partial charge in [-0.15, -0.1) is 11.6 Å². The zero-order chi connectivity index (χ0) is 9.00. The summed E-state index contributed by atoms with van der Waals surface area (Å²) in [4.78, 5) is 2.34. The molecule has 0 spiro atoms. The lowest BCUT2D eigenvalue weighted by Crippen LogP contribution is -2.47. The van der Waals surface area contributed by atoms with Crippen molar-refractivity contribution in [2.75, 3.05) is 12.4 Å². The van der Waals surface area contributed by atoms with Gasteiger partial charge < -0.3 is 9.84 Å². The third-order valence-corrected chi connectivity index (χ3v) is 3.83. The summed E-state index contributed by atoms with van der Waals surface area (Å²) in [5.41, 5.74) is 0. The van der Waals surface area contributed by atoms with Crippen molar-refractivity contribution < 1.29 is 9.84 Å². The Balaban J connectivity index is 1.85. The summed E-state index contributed by atoms with van der Waals surface area (Å²) in [6, 6.07) is 0.763. The Bertz CT molecular complexity index is 224. The molecule has 0 aromatic rings. The largest absolute Gasteiger partial charge is 0.389 e. The van der Waals surface area contributed by atoms with Crippen molar-refractivity contribution >= 4 is 11.6 Å². The molecule has 4 fully saturated rings. The van der Waals surface area contributed by atoms with Crippen LogP contribution in [-0.2, 0) is 4.74 Å². The molecule has 0 unspecified atom stereocenters. The van der Waals surface area contributed by atoms with Crippen LogP contribution in [0.2, 0.25) is 0 Å². The first-order valence-electron chi connectivity index (χ1n) is 4.96. The van der Waals surface area contributed by atoms with E-state index in [9.17, 15) is 5.11 Å². The van der Waals surface area contributed by atoms with Gasteiger partial charge in [0.05, 0.1) is 12.2 Å². The van der Waals surface area contributed by atoms with Crippen molar-refractivity contribution in [3.8, 4) is 0 Å². The van der Waals surface area contributed by atoms with Crippen molar-refractivity contribution in [1.29, 1.82) is 0 Å². The van der Waals surface area contributed by atoms with Gasteiger partial charge in [-0.2, -0.15) is 0 Å². The molecule has 0 aliphatic carbocycles. The average Bonchev–Trinajstić information content (AvgIpc) is 2.53. The van der Waals surface area contributed by atoms with Gasteiger partial charge in [0.2, 0.25) is 0 Å². The summed E-state index contributed by atoms with van der Waals surface area (Å²) in [7, 11) is 0. The topological polar surface area (TPSA) is 32.7 Å². The SMILES string of the molecule is O[C@H]1[C@@H]2O[C@@H]3C[C@H]1N(CCCl)[C@H]2C3. The number of nitrogens with zero attached hydrogens (tertiary/aromatic N) is 1. The Morgan fingerprint density at radius 2 is 2.15 bits per heavy atom. The first kappa shape index (κ1) is 8.48. The molecule has 5 atom stereocenters. The normalized spacial score (nSPS) is 53.5. The van der Waals surface area contributed by atoms with Crippen LogP contribution in [0.25, 0.3) is 0 Å². The monoisotopic (exact) mass is 203 g/mol. The van der Waals surface area contributed by atoms with E-state index in [0.717, 1.165) is 19.4 Å². The van der Waals surface area contributed by atoms with Crippen LogP contribution in [0.3, 0.4) is 0 Å². The van der Waals surface area contributed by atoms with Gasteiger partial charge >= 0.3 is 0 Å². The smallest absolute Gasteiger partial charge is 0.101 e. The maximum atomic E-state index is 9.89. The first-order chi connectivity index (χ1) is 6.31. The molecule has 0 radical (unpaired) electrons. The summed E-state index contributed by atoms with van der Waals surface area (Å²) < 4.78 is 5.71. The predicted molar refractivity (Wildman–Crippen MR) is 48.9 cm³/mol. The van der Waals surface area contributed by atoms with Crippen molar-refractivity contribution in [3.05, 3.63) is 0 Å². The zero-order valence-electron chi connectivity index (χ0n) is 7.40. The summed E-state index contributed by atoms with van der Waals surface area (Å²) >= 11 is 5.74. The van der Waals surface area contributed by atoms with Gasteiger partial charge in [0.25, 0.3) is 0 Å². The van der Waals surface area contributed by atoms with Gasteiger partial charge in [0, 0.05) is 24.5 Å². The summed E-state index contributed by atoms with van der Waals surface area (Å²) in [5, 5.41) is 9.89. The summed E-state index contributed by atoms with van der Waals surface area (Å²) in [6.45, 7) is 0.889. The maximum Gasteiger partial charge on any atom is 0.101 e. The van der Waals surface area contributed by atoms with E-state index in [1.54, 1.807) is 0 Å². The zero-order valence-corrected chi connectivity index (χ0v) is 8.15. The van der Waals surface area contributed by atoms with Crippen molar-refractivity contribution in [2.45, 2.75) is 43.2 Å². The fraction of sp³-hybridized carbons (Fsp3) is 1.00. The molecular weight excluding hydrogens is 190 g/mol. The Morgan fingerprint density at radius 1 is 1.38 bits per heavy atom. The lowest BCUT2D eigenvalue weighted by atomic mass is 10.00. The summed E-state index contributed by atoms with van der Waals surface area (Å²) in [6.07, 6.45) is 2.30. The molecule has 0 amide bonds. The highest BCUT2D eigenvalue weighted by Gasteiger charge is 2.58. The van der Waals surface area contributed by atoms with Gasteiger partial charge in [0.15, 0.2) is 0 Å². The second-order valence-electron chi connectivity index (χ2n) is 4.25. The molecule has 4 heteroatoms. The van der Waals surface area contributed by atoms with Gasteiger partial charge in [-0.25, -0.2) is 0 Å². The van der Waals surface area contributed by atoms with Crippen LogP contribution in [0.15, 0.2) is 0 Å². The highest BCUT2D eigenvalue weighted by Crippen LogP contribution is 2.45. The molecule has 4 saturated heterocycles. The van der Waals surface area contributed by atoms with Gasteiger partial charge in [0.1, 0.15) is 6.10 Å². The molecular formula is C9H14ClNO2. The Morgan fingerprint density at radius 3 is 2.85 bits per heavy atom. The van der Waals surface area contributed by atoms with Gasteiger partial charge in [-0.1, -0.05) is 0 Å². The molecule has 13 heavy (non-hydrogen) atoms. The van der Waals surface area contributed by atoms with Crippen LogP contribution in [0.1, 0.15) is 12.8 Å². The number of ether oxygens (including phenoxy) is 1. The molecule has 4 rings (SSSR count). The number of piperidine rings is 1. The molecule has 1 N–H and O–H groups in total. The molecule has 4 aliphatic heterocycles. The van der Waals surface area contributed by atoms with Gasteiger partial charge in [-0.05, 0) is 12.8 Å². The first-order valence-corrected chi connectivity index (χ1v) is 5.50. The number of alkyl halides is 1. The highest BCUT2D eigenvalue weighted by atomic mass is 35.5. The van der Waals surface area contributed by atoms with Crippen molar-refractivity contribution in [1.82, 2.24) is 4.90 Å². The quantitative estimate of drug-likeness (QED) is 0.651. The molecule has 74 valence electrons. The number of rotatable bonds is 2. The van der Waals surface area contributed by atoms with Crippen LogP contribution in [-0.4, -0.2) is 52.8 Å². The van der Waals surface area contributed by atoms with Crippen LogP contribution in [0.5, 0.6) is 0 Å². The fourth-order valence-electron chi connectivity index (χ4n) is 3.19. The van der Waals surface area contributed by atoms with Crippen molar-refractivity contribution in [2.24, 2.45) is 0 Å². The van der Waals surface area contributed by atoms with E-state index in [4.69, 9.17) is 16.3 Å². The van der Waals surface area contributed by atoms with E-state index in [-0.39, 0.29) is 12.2 Å². The Hall–Kier alpha value is 0.170. The van der Waals surface area contributed by atoms with Gasteiger partial charge in [-0.3, -0.25) is 4.90 Å². The number of halogens is 1. The molecule has 0 aromatic heterocycles. The maximum absolute atomic E-state index is 9.89. The van der Waals surface area contributed by atoms with E-state index in [1.165, 1.54) is 0 Å². The molecule has 0 aromatic carbocycles. The van der Waals surface area contributed by atoms with E-state index < -0.39 is 0 Å². The van der Waals surface area contributed by atoms with Crippen LogP contribution in [0.4, 0.5) is 0 Å². The minimum Gasteiger partial charge on any atom is -0.389 e. The Kier molecular flexibility index (Phi) is 1.84. The van der Waals surface area contributed by atoms with E-state index in [1.807, 2.05) is 0 Å². The fourth-order valence-corrected chi connectivity index (χ4v) is 3.39.